The van der Waals surface area contributed by atoms with E-state index in [4.69, 9.17) is 5.73 Å². The molecule has 4 nitrogen and oxygen atoms in total. The summed E-state index contributed by atoms with van der Waals surface area (Å²) in [5, 5.41) is 10.9. The van der Waals surface area contributed by atoms with Crippen LogP contribution in [0.1, 0.15) is 18.4 Å². The molecule has 0 bridgehead atoms. The van der Waals surface area contributed by atoms with E-state index in [2.05, 4.69) is 12.1 Å². The number of nitro benzene ring substituents is 1. The molecule has 0 atom stereocenters. The fourth-order valence-electron chi connectivity index (χ4n) is 2.42. The highest BCUT2D eigenvalue weighted by Crippen LogP contribution is 2.35. The topological polar surface area (TPSA) is 69.2 Å². The molecule has 0 heterocycles. The lowest BCUT2D eigenvalue weighted by atomic mass is 9.98. The van der Waals surface area contributed by atoms with Gasteiger partial charge in [0.2, 0.25) is 0 Å². The number of rotatable bonds is 4. The molecule has 1 aliphatic carbocycles. The molecule has 3 rings (SSSR count). The SMILES string of the molecule is Nc1ccc(CC2CC2)cc1-c1cccc([N+](=O)[O-])c1. The molecule has 1 aliphatic rings. The Morgan fingerprint density at radius 3 is 2.70 bits per heavy atom. The first kappa shape index (κ1) is 12.7. The van der Waals surface area contributed by atoms with E-state index in [9.17, 15) is 10.1 Å². The van der Waals surface area contributed by atoms with E-state index in [1.54, 1.807) is 12.1 Å². The maximum atomic E-state index is 10.9. The van der Waals surface area contributed by atoms with Crippen molar-refractivity contribution >= 4 is 11.4 Å². The van der Waals surface area contributed by atoms with Crippen LogP contribution in [0.5, 0.6) is 0 Å². The number of nitro groups is 1. The maximum absolute atomic E-state index is 10.9. The van der Waals surface area contributed by atoms with E-state index < -0.39 is 0 Å². The molecule has 2 N–H and O–H groups in total. The Hall–Kier alpha value is -2.36. The van der Waals surface area contributed by atoms with E-state index in [1.807, 2.05) is 12.1 Å². The molecule has 2 aromatic rings. The molecule has 0 amide bonds. The fraction of sp³-hybridized carbons (Fsp3) is 0.250. The van der Waals surface area contributed by atoms with Crippen molar-refractivity contribution in [3.05, 3.63) is 58.1 Å². The summed E-state index contributed by atoms with van der Waals surface area (Å²) in [4.78, 5) is 10.5. The number of benzene rings is 2. The average molecular weight is 268 g/mol. The highest BCUT2D eigenvalue weighted by Gasteiger charge is 2.21. The number of anilines is 1. The molecule has 0 aromatic heterocycles. The van der Waals surface area contributed by atoms with Crippen LogP contribution in [0.15, 0.2) is 42.5 Å². The van der Waals surface area contributed by atoms with E-state index in [-0.39, 0.29) is 10.6 Å². The first-order valence-electron chi connectivity index (χ1n) is 6.77. The zero-order valence-electron chi connectivity index (χ0n) is 11.1. The molecule has 4 heteroatoms. The van der Waals surface area contributed by atoms with Crippen molar-refractivity contribution in [2.24, 2.45) is 5.92 Å². The van der Waals surface area contributed by atoms with Gasteiger partial charge in [-0.25, -0.2) is 0 Å². The third kappa shape index (κ3) is 2.64. The molecule has 0 unspecified atom stereocenters. The maximum Gasteiger partial charge on any atom is 0.270 e. The van der Waals surface area contributed by atoms with E-state index in [0.29, 0.717) is 5.69 Å². The van der Waals surface area contributed by atoms with Crippen molar-refractivity contribution < 1.29 is 4.92 Å². The molecule has 102 valence electrons. The third-order valence-corrected chi connectivity index (χ3v) is 3.71. The minimum Gasteiger partial charge on any atom is -0.398 e. The number of nitrogens with two attached hydrogens (primary N) is 1. The largest absolute Gasteiger partial charge is 0.398 e. The van der Waals surface area contributed by atoms with Crippen LogP contribution in [0.25, 0.3) is 11.1 Å². The van der Waals surface area contributed by atoms with Crippen LogP contribution in [-0.2, 0) is 6.42 Å². The second-order valence-electron chi connectivity index (χ2n) is 5.38. The number of non-ortho nitro benzene ring substituents is 1. The predicted molar refractivity (Wildman–Crippen MR) is 79.4 cm³/mol. The molecule has 1 saturated carbocycles. The lowest BCUT2D eigenvalue weighted by Crippen LogP contribution is -1.95. The van der Waals surface area contributed by atoms with E-state index in [0.717, 1.165) is 23.5 Å². The van der Waals surface area contributed by atoms with Crippen molar-refractivity contribution in [3.8, 4) is 11.1 Å². The van der Waals surface area contributed by atoms with Crippen molar-refractivity contribution in [1.29, 1.82) is 0 Å². The molecule has 0 spiro atoms. The highest BCUT2D eigenvalue weighted by atomic mass is 16.6. The van der Waals surface area contributed by atoms with Crippen LogP contribution in [0, 0.1) is 16.0 Å². The molecular weight excluding hydrogens is 252 g/mol. The van der Waals surface area contributed by atoms with Crippen LogP contribution < -0.4 is 5.73 Å². The number of nitrogens with zero attached hydrogens (tertiary/aromatic N) is 1. The predicted octanol–water partition coefficient (Wildman–Crippen LogP) is 3.80. The lowest BCUT2D eigenvalue weighted by Gasteiger charge is -2.09. The summed E-state index contributed by atoms with van der Waals surface area (Å²) in [5.41, 5.74) is 9.71. The Morgan fingerprint density at radius 1 is 1.20 bits per heavy atom. The molecule has 0 saturated heterocycles. The van der Waals surface area contributed by atoms with E-state index >= 15 is 0 Å². The van der Waals surface area contributed by atoms with Crippen LogP contribution in [0.4, 0.5) is 11.4 Å². The summed E-state index contributed by atoms with van der Waals surface area (Å²) in [6, 6.07) is 12.6. The Morgan fingerprint density at radius 2 is 2.00 bits per heavy atom. The van der Waals surface area contributed by atoms with Gasteiger partial charge in [0.15, 0.2) is 0 Å². The van der Waals surface area contributed by atoms with Crippen molar-refractivity contribution in [2.45, 2.75) is 19.3 Å². The smallest absolute Gasteiger partial charge is 0.270 e. The second kappa shape index (κ2) is 4.96. The van der Waals surface area contributed by atoms with Gasteiger partial charge in [-0.15, -0.1) is 0 Å². The second-order valence-corrected chi connectivity index (χ2v) is 5.38. The van der Waals surface area contributed by atoms with Gasteiger partial charge in [0, 0.05) is 23.4 Å². The average Bonchev–Trinajstić information content (AvgIpc) is 3.25. The minimum absolute atomic E-state index is 0.0921. The summed E-state index contributed by atoms with van der Waals surface area (Å²) in [6.45, 7) is 0. The summed E-state index contributed by atoms with van der Waals surface area (Å²) >= 11 is 0. The van der Waals surface area contributed by atoms with Crippen molar-refractivity contribution in [1.82, 2.24) is 0 Å². The molecule has 20 heavy (non-hydrogen) atoms. The summed E-state index contributed by atoms with van der Waals surface area (Å²) in [6.07, 6.45) is 3.68. The summed E-state index contributed by atoms with van der Waals surface area (Å²) in [5.74, 6) is 0.802. The van der Waals surface area contributed by atoms with Crippen LogP contribution in [-0.4, -0.2) is 4.92 Å². The van der Waals surface area contributed by atoms with Gasteiger partial charge in [-0.1, -0.05) is 18.2 Å². The van der Waals surface area contributed by atoms with Crippen LogP contribution >= 0.6 is 0 Å². The number of hydrogen-bond donors (Lipinski definition) is 1. The Bertz CT molecular complexity index is 663. The molecule has 0 radical (unpaired) electrons. The summed E-state index contributed by atoms with van der Waals surface area (Å²) in [7, 11) is 0. The van der Waals surface area contributed by atoms with E-state index in [1.165, 1.54) is 24.5 Å². The standard InChI is InChI=1S/C16H16N2O2/c17-16-7-6-12(8-11-4-5-11)9-15(16)13-2-1-3-14(10-13)18(19)20/h1-3,6-7,9-11H,4-5,8,17H2. The van der Waals surface area contributed by atoms with Gasteiger partial charge in [-0.3, -0.25) is 10.1 Å². The van der Waals surface area contributed by atoms with Gasteiger partial charge in [0.05, 0.1) is 4.92 Å². The minimum atomic E-state index is -0.381. The fourth-order valence-corrected chi connectivity index (χ4v) is 2.42. The van der Waals surface area contributed by atoms with Crippen molar-refractivity contribution in [2.75, 3.05) is 5.73 Å². The van der Waals surface area contributed by atoms with Gasteiger partial charge in [0.25, 0.3) is 5.69 Å². The van der Waals surface area contributed by atoms with Gasteiger partial charge < -0.3 is 5.73 Å². The lowest BCUT2D eigenvalue weighted by molar-refractivity contribution is -0.384. The Balaban J connectivity index is 1.99. The Kier molecular flexibility index (Phi) is 3.14. The first-order valence-corrected chi connectivity index (χ1v) is 6.77. The first-order chi connectivity index (χ1) is 9.63. The molecular formula is C16H16N2O2. The quantitative estimate of drug-likeness (QED) is 0.521. The normalized spacial score (nSPS) is 14.2. The third-order valence-electron chi connectivity index (χ3n) is 3.71. The van der Waals surface area contributed by atoms with Gasteiger partial charge >= 0.3 is 0 Å². The van der Waals surface area contributed by atoms with Gasteiger partial charge in [0.1, 0.15) is 0 Å². The number of hydrogen-bond acceptors (Lipinski definition) is 3. The van der Waals surface area contributed by atoms with Crippen molar-refractivity contribution in [3.63, 3.8) is 0 Å². The van der Waals surface area contributed by atoms with Crippen LogP contribution in [0.3, 0.4) is 0 Å². The van der Waals surface area contributed by atoms with Gasteiger partial charge in [-0.2, -0.15) is 0 Å². The van der Waals surface area contributed by atoms with Crippen LogP contribution in [0.2, 0.25) is 0 Å². The molecule has 0 aliphatic heterocycles. The highest BCUT2D eigenvalue weighted by molar-refractivity contribution is 5.78. The summed E-state index contributed by atoms with van der Waals surface area (Å²) < 4.78 is 0. The number of nitrogen functional groups attached to an aromatic ring is 1. The molecule has 1 fully saturated rings. The Labute approximate surface area is 117 Å². The monoisotopic (exact) mass is 268 g/mol. The zero-order chi connectivity index (χ0) is 14.1. The van der Waals surface area contributed by atoms with Gasteiger partial charge in [-0.05, 0) is 48.4 Å². The zero-order valence-corrected chi connectivity index (χ0v) is 11.1. The molecule has 2 aromatic carbocycles.